The minimum absolute atomic E-state index is 0.0743. The normalized spacial score (nSPS) is 11.7. The molecule has 0 unspecified atom stereocenters. The van der Waals surface area contributed by atoms with Gasteiger partial charge in [-0.25, -0.2) is 4.39 Å². The zero-order valence-electron chi connectivity index (χ0n) is 9.27. The third-order valence-electron chi connectivity index (χ3n) is 1.89. The smallest absolute Gasteiger partial charge is 0.366 e. The Hall–Kier alpha value is -0.900. The van der Waals surface area contributed by atoms with E-state index in [1.54, 1.807) is 13.8 Å². The van der Waals surface area contributed by atoms with E-state index in [0.717, 1.165) is 0 Å². The average molecular weight is 247 g/mol. The Morgan fingerprint density at radius 2 is 1.88 bits per heavy atom. The second kappa shape index (κ2) is 5.43. The molecular weight excluding hydrogens is 232 g/mol. The van der Waals surface area contributed by atoms with E-state index in [0.29, 0.717) is 0 Å². The number of hydrogen-bond donors (Lipinski definition) is 1. The molecule has 0 aliphatic heterocycles. The molecule has 2 N–H and O–H groups in total. The topological polar surface area (TPSA) is 61.5 Å². The van der Waals surface area contributed by atoms with Gasteiger partial charge in [-0.05, 0) is 26.0 Å². The van der Waals surface area contributed by atoms with Crippen LogP contribution in [0.3, 0.4) is 0 Å². The van der Waals surface area contributed by atoms with Crippen LogP contribution in [0.15, 0.2) is 18.2 Å². The summed E-state index contributed by atoms with van der Waals surface area (Å²) in [6.45, 7) is 3.63. The van der Waals surface area contributed by atoms with Gasteiger partial charge in [-0.15, -0.1) is 0 Å². The Morgan fingerprint density at radius 3 is 2.31 bits per heavy atom. The van der Waals surface area contributed by atoms with Crippen LogP contribution in [0.25, 0.3) is 0 Å². The van der Waals surface area contributed by atoms with Gasteiger partial charge in [-0.1, -0.05) is 6.07 Å². The maximum absolute atomic E-state index is 13.6. The van der Waals surface area contributed by atoms with Crippen molar-refractivity contribution in [1.82, 2.24) is 0 Å². The lowest BCUT2D eigenvalue weighted by Crippen LogP contribution is -2.18. The lowest BCUT2D eigenvalue weighted by atomic mass is 10.3. The second-order valence-electron chi connectivity index (χ2n) is 3.01. The predicted octanol–water partition coefficient (Wildman–Crippen LogP) is 2.30. The molecule has 1 aromatic rings. The zero-order valence-corrected chi connectivity index (χ0v) is 10.2. The van der Waals surface area contributed by atoms with Crippen molar-refractivity contribution in [2.75, 3.05) is 18.9 Å². The van der Waals surface area contributed by atoms with Gasteiger partial charge in [-0.3, -0.25) is 4.57 Å². The van der Waals surface area contributed by atoms with E-state index in [9.17, 15) is 8.96 Å². The van der Waals surface area contributed by atoms with Gasteiger partial charge in [0, 0.05) is 0 Å². The zero-order chi connectivity index (χ0) is 12.2. The SMILES string of the molecule is CCOP(=O)(OCC)c1c(N)cccc1F. The summed E-state index contributed by atoms with van der Waals surface area (Å²) in [5.74, 6) is -0.676. The maximum atomic E-state index is 13.6. The van der Waals surface area contributed by atoms with E-state index in [4.69, 9.17) is 14.8 Å². The second-order valence-corrected chi connectivity index (χ2v) is 4.97. The number of anilines is 1. The number of halogens is 1. The minimum Gasteiger partial charge on any atom is -0.398 e. The molecule has 0 bridgehead atoms. The molecule has 0 aromatic heterocycles. The third-order valence-corrected chi connectivity index (χ3v) is 4.11. The van der Waals surface area contributed by atoms with Crippen LogP contribution in [-0.2, 0) is 13.6 Å². The Balaban J connectivity index is 3.26. The highest BCUT2D eigenvalue weighted by molar-refractivity contribution is 7.62. The summed E-state index contributed by atoms with van der Waals surface area (Å²) < 4.78 is 35.9. The molecule has 6 heteroatoms. The van der Waals surface area contributed by atoms with Crippen LogP contribution in [0.2, 0.25) is 0 Å². The average Bonchev–Trinajstić information content (AvgIpc) is 2.17. The van der Waals surface area contributed by atoms with Crippen molar-refractivity contribution in [3.8, 4) is 0 Å². The summed E-state index contributed by atoms with van der Waals surface area (Å²) in [4.78, 5) is 0. The molecule has 16 heavy (non-hydrogen) atoms. The highest BCUT2D eigenvalue weighted by Gasteiger charge is 2.32. The fourth-order valence-corrected chi connectivity index (χ4v) is 3.07. The first kappa shape index (κ1) is 13.2. The summed E-state index contributed by atoms with van der Waals surface area (Å²) in [5, 5.41) is -0.182. The Kier molecular flexibility index (Phi) is 4.47. The van der Waals surface area contributed by atoms with E-state index in [1.165, 1.54) is 18.2 Å². The van der Waals surface area contributed by atoms with Gasteiger partial charge in [0.05, 0.1) is 18.9 Å². The summed E-state index contributed by atoms with van der Waals surface area (Å²) in [7, 11) is -3.65. The van der Waals surface area contributed by atoms with Crippen molar-refractivity contribution in [2.24, 2.45) is 0 Å². The molecule has 0 fully saturated rings. The van der Waals surface area contributed by atoms with E-state index >= 15 is 0 Å². The third kappa shape index (κ3) is 2.61. The standard InChI is InChI=1S/C10H15FNO3P/c1-3-14-16(13,15-4-2)10-8(11)6-5-7-9(10)12/h5-7H,3-4,12H2,1-2H3. The fourth-order valence-electron chi connectivity index (χ4n) is 1.33. The molecule has 0 amide bonds. The summed E-state index contributed by atoms with van der Waals surface area (Å²) >= 11 is 0. The van der Waals surface area contributed by atoms with Crippen LogP contribution in [0, 0.1) is 5.82 Å². The van der Waals surface area contributed by atoms with E-state index < -0.39 is 13.4 Å². The Labute approximate surface area is 94.1 Å². The number of hydrogen-bond acceptors (Lipinski definition) is 4. The van der Waals surface area contributed by atoms with E-state index in [-0.39, 0.29) is 24.2 Å². The van der Waals surface area contributed by atoms with Gasteiger partial charge < -0.3 is 14.8 Å². The molecule has 0 aliphatic rings. The van der Waals surface area contributed by atoms with Crippen molar-refractivity contribution in [3.05, 3.63) is 24.0 Å². The Bertz CT molecular complexity index is 381. The molecule has 0 heterocycles. The highest BCUT2D eigenvalue weighted by atomic mass is 31.2. The van der Waals surface area contributed by atoms with E-state index in [1.807, 2.05) is 0 Å². The molecule has 0 aliphatic carbocycles. The van der Waals surface area contributed by atoms with E-state index in [2.05, 4.69) is 0 Å². The molecule has 0 radical (unpaired) electrons. The number of benzene rings is 1. The molecular formula is C10H15FNO3P. The molecule has 90 valence electrons. The molecule has 0 spiro atoms. The van der Waals surface area contributed by atoms with Crippen LogP contribution >= 0.6 is 7.60 Å². The van der Waals surface area contributed by atoms with Gasteiger partial charge in [0.25, 0.3) is 0 Å². The molecule has 1 aromatic carbocycles. The monoisotopic (exact) mass is 247 g/mol. The summed E-state index contributed by atoms with van der Waals surface area (Å²) in [5.41, 5.74) is 5.67. The number of nitrogens with two attached hydrogens (primary N) is 1. The lowest BCUT2D eigenvalue weighted by molar-refractivity contribution is 0.229. The van der Waals surface area contributed by atoms with Crippen LogP contribution < -0.4 is 11.0 Å². The highest BCUT2D eigenvalue weighted by Crippen LogP contribution is 2.48. The fraction of sp³-hybridized carbons (Fsp3) is 0.400. The van der Waals surface area contributed by atoms with Crippen molar-refractivity contribution < 1.29 is 18.0 Å². The van der Waals surface area contributed by atoms with Crippen molar-refractivity contribution >= 4 is 18.6 Å². The van der Waals surface area contributed by atoms with Gasteiger partial charge in [0.15, 0.2) is 0 Å². The lowest BCUT2D eigenvalue weighted by Gasteiger charge is -2.18. The molecule has 0 atom stereocenters. The Morgan fingerprint density at radius 1 is 1.31 bits per heavy atom. The van der Waals surface area contributed by atoms with Gasteiger partial charge in [0.1, 0.15) is 11.1 Å². The first-order valence-corrected chi connectivity index (χ1v) is 6.53. The number of rotatable bonds is 5. The molecule has 0 saturated carbocycles. The van der Waals surface area contributed by atoms with Crippen molar-refractivity contribution in [2.45, 2.75) is 13.8 Å². The van der Waals surface area contributed by atoms with Crippen LogP contribution in [0.1, 0.15) is 13.8 Å². The summed E-state index contributed by atoms with van der Waals surface area (Å²) in [6, 6.07) is 4.08. The predicted molar refractivity (Wildman–Crippen MR) is 61.3 cm³/mol. The van der Waals surface area contributed by atoms with Crippen LogP contribution in [0.5, 0.6) is 0 Å². The first-order chi connectivity index (χ1) is 7.55. The maximum Gasteiger partial charge on any atom is 0.366 e. The largest absolute Gasteiger partial charge is 0.398 e. The van der Waals surface area contributed by atoms with Gasteiger partial charge in [-0.2, -0.15) is 0 Å². The molecule has 0 saturated heterocycles. The summed E-state index contributed by atoms with van der Waals surface area (Å²) in [6.07, 6.45) is 0. The van der Waals surface area contributed by atoms with Gasteiger partial charge in [0.2, 0.25) is 0 Å². The van der Waals surface area contributed by atoms with Gasteiger partial charge >= 0.3 is 7.60 Å². The first-order valence-electron chi connectivity index (χ1n) is 4.98. The molecule has 1 rings (SSSR count). The minimum atomic E-state index is -3.65. The quantitative estimate of drug-likeness (QED) is 0.640. The van der Waals surface area contributed by atoms with Crippen LogP contribution in [-0.4, -0.2) is 13.2 Å². The van der Waals surface area contributed by atoms with Crippen LogP contribution in [0.4, 0.5) is 10.1 Å². The van der Waals surface area contributed by atoms with Crippen molar-refractivity contribution in [1.29, 1.82) is 0 Å². The molecule has 4 nitrogen and oxygen atoms in total. The number of nitrogen functional groups attached to an aromatic ring is 1. The van der Waals surface area contributed by atoms with Crippen molar-refractivity contribution in [3.63, 3.8) is 0 Å².